The third kappa shape index (κ3) is 2.16. The molecule has 1 fully saturated rings. The van der Waals surface area contributed by atoms with Crippen LogP contribution in [0.15, 0.2) is 6.20 Å². The summed E-state index contributed by atoms with van der Waals surface area (Å²) in [7, 11) is 0. The van der Waals surface area contributed by atoms with Gasteiger partial charge in [-0.25, -0.2) is 4.98 Å². The average Bonchev–Trinajstić information content (AvgIpc) is 2.48. The van der Waals surface area contributed by atoms with Crippen molar-refractivity contribution < 1.29 is 0 Å². The van der Waals surface area contributed by atoms with Crippen LogP contribution in [0, 0.1) is 6.92 Å². The van der Waals surface area contributed by atoms with E-state index in [0.29, 0.717) is 0 Å². The molecular formula is C12H21N3. The van der Waals surface area contributed by atoms with Crippen molar-refractivity contribution in [3.63, 3.8) is 0 Å². The molecule has 1 aromatic heterocycles. The number of anilines is 1. The zero-order valence-electron chi connectivity index (χ0n) is 9.87. The van der Waals surface area contributed by atoms with Crippen LogP contribution in [-0.4, -0.2) is 22.6 Å². The van der Waals surface area contributed by atoms with Gasteiger partial charge < -0.3 is 9.47 Å². The second-order valence-corrected chi connectivity index (χ2v) is 4.35. The van der Waals surface area contributed by atoms with Crippen LogP contribution in [0.2, 0.25) is 0 Å². The zero-order valence-corrected chi connectivity index (χ0v) is 9.87. The maximum atomic E-state index is 4.54. The Balaban J connectivity index is 2.19. The number of imidazole rings is 1. The van der Waals surface area contributed by atoms with Crippen molar-refractivity contribution in [2.75, 3.05) is 18.0 Å². The molecule has 1 saturated heterocycles. The van der Waals surface area contributed by atoms with Gasteiger partial charge in [-0.05, 0) is 26.7 Å². The molecule has 0 N–H and O–H groups in total. The summed E-state index contributed by atoms with van der Waals surface area (Å²) in [6.45, 7) is 7.71. The van der Waals surface area contributed by atoms with E-state index < -0.39 is 0 Å². The van der Waals surface area contributed by atoms with Crippen LogP contribution < -0.4 is 4.90 Å². The van der Waals surface area contributed by atoms with E-state index in [0.717, 1.165) is 6.54 Å². The van der Waals surface area contributed by atoms with Crippen LogP contribution in [0.25, 0.3) is 0 Å². The Hall–Kier alpha value is -0.990. The lowest BCUT2D eigenvalue weighted by Gasteiger charge is -2.22. The van der Waals surface area contributed by atoms with Crippen LogP contribution in [0.3, 0.4) is 0 Å². The predicted molar refractivity (Wildman–Crippen MR) is 63.3 cm³/mol. The third-order valence-electron chi connectivity index (χ3n) is 3.24. The molecule has 0 saturated carbocycles. The number of rotatable bonds is 2. The minimum atomic E-state index is 1.03. The van der Waals surface area contributed by atoms with Crippen molar-refractivity contribution in [1.29, 1.82) is 0 Å². The van der Waals surface area contributed by atoms with Gasteiger partial charge in [-0.15, -0.1) is 0 Å². The molecule has 3 nitrogen and oxygen atoms in total. The van der Waals surface area contributed by atoms with Crippen molar-refractivity contribution in [2.24, 2.45) is 0 Å². The van der Waals surface area contributed by atoms with Gasteiger partial charge in [-0.2, -0.15) is 0 Å². The van der Waals surface area contributed by atoms with Crippen LogP contribution in [0.4, 0.5) is 5.95 Å². The lowest BCUT2D eigenvalue weighted by atomic mass is 10.2. The van der Waals surface area contributed by atoms with Crippen molar-refractivity contribution in [3.8, 4) is 0 Å². The highest BCUT2D eigenvalue weighted by atomic mass is 15.3. The van der Waals surface area contributed by atoms with Gasteiger partial charge in [0.15, 0.2) is 0 Å². The summed E-state index contributed by atoms with van der Waals surface area (Å²) in [6.07, 6.45) is 7.37. The van der Waals surface area contributed by atoms with Gasteiger partial charge in [-0.1, -0.05) is 12.8 Å². The molecular weight excluding hydrogens is 186 g/mol. The first-order valence-electron chi connectivity index (χ1n) is 6.10. The minimum absolute atomic E-state index is 1.03. The van der Waals surface area contributed by atoms with E-state index in [1.807, 2.05) is 6.20 Å². The topological polar surface area (TPSA) is 21.1 Å². The summed E-state index contributed by atoms with van der Waals surface area (Å²) in [4.78, 5) is 6.99. The number of hydrogen-bond donors (Lipinski definition) is 0. The summed E-state index contributed by atoms with van der Waals surface area (Å²) < 4.78 is 2.31. The van der Waals surface area contributed by atoms with Gasteiger partial charge in [0, 0.05) is 25.3 Å². The van der Waals surface area contributed by atoms with Crippen molar-refractivity contribution in [2.45, 2.75) is 46.1 Å². The molecule has 0 atom stereocenters. The highest BCUT2D eigenvalue weighted by Gasteiger charge is 2.15. The summed E-state index contributed by atoms with van der Waals surface area (Å²) in [5.74, 6) is 1.18. The van der Waals surface area contributed by atoms with E-state index in [-0.39, 0.29) is 0 Å². The van der Waals surface area contributed by atoms with E-state index in [1.165, 1.54) is 50.4 Å². The van der Waals surface area contributed by atoms with Gasteiger partial charge in [0.05, 0.1) is 6.20 Å². The maximum Gasteiger partial charge on any atom is 0.205 e. The number of hydrogen-bond acceptors (Lipinski definition) is 2. The lowest BCUT2D eigenvalue weighted by molar-refractivity contribution is 0.680. The Morgan fingerprint density at radius 1 is 1.20 bits per heavy atom. The minimum Gasteiger partial charge on any atom is -0.342 e. The molecule has 1 aliphatic heterocycles. The summed E-state index contributed by atoms with van der Waals surface area (Å²) in [5.41, 5.74) is 1.27. The molecule has 0 amide bonds. The van der Waals surface area contributed by atoms with E-state index in [1.54, 1.807) is 0 Å². The standard InChI is InChI=1S/C12H21N3/c1-3-15-11(2)10-13-12(15)14-8-6-4-5-7-9-14/h10H,3-9H2,1-2H3. The largest absolute Gasteiger partial charge is 0.342 e. The monoisotopic (exact) mass is 207 g/mol. The average molecular weight is 207 g/mol. The summed E-state index contributed by atoms with van der Waals surface area (Å²) in [5, 5.41) is 0. The van der Waals surface area contributed by atoms with Gasteiger partial charge in [0.25, 0.3) is 0 Å². The molecule has 2 rings (SSSR count). The molecule has 2 heterocycles. The van der Waals surface area contributed by atoms with Crippen LogP contribution >= 0.6 is 0 Å². The Labute approximate surface area is 92.1 Å². The fraction of sp³-hybridized carbons (Fsp3) is 0.750. The lowest BCUT2D eigenvalue weighted by Crippen LogP contribution is -2.27. The SMILES string of the molecule is CCn1c(C)cnc1N1CCCCCC1. The first kappa shape index (κ1) is 10.5. The Kier molecular flexibility index (Phi) is 3.29. The van der Waals surface area contributed by atoms with Gasteiger partial charge in [0.1, 0.15) is 0 Å². The van der Waals surface area contributed by atoms with E-state index in [4.69, 9.17) is 0 Å². The molecule has 0 aromatic carbocycles. The second-order valence-electron chi connectivity index (χ2n) is 4.35. The number of aromatic nitrogens is 2. The van der Waals surface area contributed by atoms with Gasteiger partial charge >= 0.3 is 0 Å². The fourth-order valence-corrected chi connectivity index (χ4v) is 2.36. The summed E-state index contributed by atoms with van der Waals surface area (Å²) in [6, 6.07) is 0. The van der Waals surface area contributed by atoms with Crippen molar-refractivity contribution >= 4 is 5.95 Å². The van der Waals surface area contributed by atoms with E-state index in [2.05, 4.69) is 28.3 Å². The quantitative estimate of drug-likeness (QED) is 0.743. The molecule has 0 radical (unpaired) electrons. The summed E-state index contributed by atoms with van der Waals surface area (Å²) >= 11 is 0. The molecule has 1 aromatic rings. The highest BCUT2D eigenvalue weighted by Crippen LogP contribution is 2.19. The predicted octanol–water partition coefficient (Wildman–Crippen LogP) is 2.59. The van der Waals surface area contributed by atoms with Crippen LogP contribution in [0.5, 0.6) is 0 Å². The molecule has 0 aliphatic carbocycles. The number of nitrogens with zero attached hydrogens (tertiary/aromatic N) is 3. The first-order valence-corrected chi connectivity index (χ1v) is 6.10. The van der Waals surface area contributed by atoms with E-state index >= 15 is 0 Å². The second kappa shape index (κ2) is 4.69. The van der Waals surface area contributed by atoms with Crippen molar-refractivity contribution in [1.82, 2.24) is 9.55 Å². The van der Waals surface area contributed by atoms with Gasteiger partial charge in [-0.3, -0.25) is 0 Å². The van der Waals surface area contributed by atoms with Crippen molar-refractivity contribution in [3.05, 3.63) is 11.9 Å². The molecule has 1 aliphatic rings. The molecule has 0 spiro atoms. The molecule has 3 heteroatoms. The normalized spacial score (nSPS) is 17.9. The van der Waals surface area contributed by atoms with E-state index in [9.17, 15) is 0 Å². The molecule has 0 bridgehead atoms. The van der Waals surface area contributed by atoms with Crippen LogP contribution in [-0.2, 0) is 6.54 Å². The molecule has 15 heavy (non-hydrogen) atoms. The Bertz CT molecular complexity index is 309. The molecule has 84 valence electrons. The van der Waals surface area contributed by atoms with Gasteiger partial charge in [0.2, 0.25) is 5.95 Å². The maximum absolute atomic E-state index is 4.54. The van der Waals surface area contributed by atoms with Crippen LogP contribution in [0.1, 0.15) is 38.3 Å². The zero-order chi connectivity index (χ0) is 10.7. The number of aryl methyl sites for hydroxylation is 1. The first-order chi connectivity index (χ1) is 7.33. The smallest absolute Gasteiger partial charge is 0.205 e. The fourth-order valence-electron chi connectivity index (χ4n) is 2.36. The highest BCUT2D eigenvalue weighted by molar-refractivity contribution is 5.33. The Morgan fingerprint density at radius 3 is 2.47 bits per heavy atom. The third-order valence-corrected chi connectivity index (χ3v) is 3.24. The molecule has 0 unspecified atom stereocenters. The Morgan fingerprint density at radius 2 is 1.87 bits per heavy atom.